The quantitative estimate of drug-likeness (QED) is 0.326. The summed E-state index contributed by atoms with van der Waals surface area (Å²) in [7, 11) is 0. The first-order valence-corrected chi connectivity index (χ1v) is 7.98. The summed E-state index contributed by atoms with van der Waals surface area (Å²) in [6.45, 7) is 7.88. The van der Waals surface area contributed by atoms with Gasteiger partial charge < -0.3 is 14.9 Å². The monoisotopic (exact) mass is 315 g/mol. The maximum absolute atomic E-state index is 10.9. The van der Waals surface area contributed by atoms with E-state index in [0.717, 1.165) is 45.1 Å². The van der Waals surface area contributed by atoms with E-state index in [1.165, 1.54) is 6.20 Å². The van der Waals surface area contributed by atoms with E-state index in [9.17, 15) is 10.1 Å². The number of hydrogen-bond donors (Lipinski definition) is 1. The minimum Gasteiger partial charge on any atom is -0.379 e. The van der Waals surface area contributed by atoms with Crippen molar-refractivity contribution >= 4 is 17.8 Å². The number of nitrogens with zero attached hydrogens (tertiary/aromatic N) is 4. The van der Waals surface area contributed by atoms with Crippen LogP contribution in [0.4, 0.5) is 5.82 Å². The first kappa shape index (κ1) is 16.2. The molecule has 1 saturated heterocycles. The fourth-order valence-electron chi connectivity index (χ4n) is 2.19. The zero-order valence-corrected chi connectivity index (χ0v) is 13.0. The van der Waals surface area contributed by atoms with E-state index in [-0.39, 0.29) is 5.82 Å². The number of imidazole rings is 1. The van der Waals surface area contributed by atoms with Gasteiger partial charge in [0.15, 0.2) is 5.82 Å². The van der Waals surface area contributed by atoms with Crippen molar-refractivity contribution in [2.45, 2.75) is 13.5 Å². The highest BCUT2D eigenvalue weighted by Crippen LogP contribution is 2.14. The second-order valence-electron chi connectivity index (χ2n) is 4.77. The first-order valence-electron chi connectivity index (χ1n) is 7.00. The lowest BCUT2D eigenvalue weighted by Gasteiger charge is -2.26. The van der Waals surface area contributed by atoms with Gasteiger partial charge in [-0.25, -0.2) is 9.55 Å². The van der Waals surface area contributed by atoms with Crippen LogP contribution in [-0.2, 0) is 11.3 Å². The molecule has 1 aromatic rings. The Hall–Kier alpha value is -1.16. The summed E-state index contributed by atoms with van der Waals surface area (Å²) in [5.41, 5.74) is 0. The largest absolute Gasteiger partial charge is 0.379 e. The highest BCUT2D eigenvalue weighted by molar-refractivity contribution is 7.97. The molecule has 0 aromatic carbocycles. The molecule has 2 rings (SSSR count). The maximum Gasteiger partial charge on any atom is 0.342 e. The van der Waals surface area contributed by atoms with E-state index in [4.69, 9.17) is 4.74 Å². The minimum absolute atomic E-state index is 0.0569. The third-order valence-corrected chi connectivity index (χ3v) is 4.17. The second-order valence-corrected chi connectivity index (χ2v) is 5.75. The van der Waals surface area contributed by atoms with E-state index in [1.807, 2.05) is 0 Å². The van der Waals surface area contributed by atoms with Crippen molar-refractivity contribution in [3.63, 3.8) is 0 Å². The summed E-state index contributed by atoms with van der Waals surface area (Å²) >= 11 is 1.59. The Morgan fingerprint density at radius 2 is 2.24 bits per heavy atom. The molecule has 1 fully saturated rings. The van der Waals surface area contributed by atoms with Gasteiger partial charge >= 0.3 is 5.82 Å². The van der Waals surface area contributed by atoms with Crippen molar-refractivity contribution < 1.29 is 9.66 Å². The zero-order valence-electron chi connectivity index (χ0n) is 12.2. The van der Waals surface area contributed by atoms with E-state index in [0.29, 0.717) is 12.4 Å². The van der Waals surface area contributed by atoms with Crippen molar-refractivity contribution in [3.05, 3.63) is 22.1 Å². The number of ether oxygens (including phenoxy) is 1. The second kappa shape index (κ2) is 8.32. The van der Waals surface area contributed by atoms with Crippen molar-refractivity contribution in [1.29, 1.82) is 0 Å². The lowest BCUT2D eigenvalue weighted by atomic mass is 10.4. The maximum atomic E-state index is 10.9. The Bertz CT molecular complexity index is 462. The molecule has 1 aliphatic rings. The molecule has 0 radical (unpaired) electrons. The lowest BCUT2D eigenvalue weighted by Crippen LogP contribution is -2.39. The third-order valence-electron chi connectivity index (χ3n) is 3.37. The molecule has 0 bridgehead atoms. The molecule has 0 spiro atoms. The lowest BCUT2D eigenvalue weighted by molar-refractivity contribution is -0.392. The molecular weight excluding hydrogens is 294 g/mol. The van der Waals surface area contributed by atoms with Crippen LogP contribution in [0, 0.1) is 17.0 Å². The average molecular weight is 315 g/mol. The molecule has 21 heavy (non-hydrogen) atoms. The molecule has 0 saturated carbocycles. The van der Waals surface area contributed by atoms with Gasteiger partial charge in [0.05, 0.1) is 13.2 Å². The summed E-state index contributed by atoms with van der Waals surface area (Å²) in [4.78, 5) is 16.8. The van der Waals surface area contributed by atoms with Crippen LogP contribution in [0.2, 0.25) is 0 Å². The van der Waals surface area contributed by atoms with Crippen molar-refractivity contribution in [1.82, 2.24) is 19.2 Å². The third kappa shape index (κ3) is 4.95. The summed E-state index contributed by atoms with van der Waals surface area (Å²) in [5.74, 6) is 1.50. The Balaban J connectivity index is 1.61. The number of nitrogens with one attached hydrogen (secondary N) is 1. The van der Waals surface area contributed by atoms with Gasteiger partial charge in [-0.1, -0.05) is 11.9 Å². The van der Waals surface area contributed by atoms with Crippen LogP contribution in [0.15, 0.2) is 6.20 Å². The minimum atomic E-state index is -0.392. The first-order chi connectivity index (χ1) is 10.2. The van der Waals surface area contributed by atoms with Crippen LogP contribution in [0.25, 0.3) is 0 Å². The Labute approximate surface area is 128 Å². The van der Waals surface area contributed by atoms with Gasteiger partial charge in [0.25, 0.3) is 0 Å². The molecule has 8 nitrogen and oxygen atoms in total. The molecule has 0 atom stereocenters. The van der Waals surface area contributed by atoms with Gasteiger partial charge in [-0.15, -0.1) is 0 Å². The van der Waals surface area contributed by atoms with Crippen molar-refractivity contribution in [3.8, 4) is 0 Å². The van der Waals surface area contributed by atoms with Crippen molar-refractivity contribution in [2.75, 3.05) is 45.1 Å². The molecule has 2 heterocycles. The van der Waals surface area contributed by atoms with E-state index in [2.05, 4.69) is 14.6 Å². The van der Waals surface area contributed by atoms with E-state index >= 15 is 0 Å². The normalized spacial score (nSPS) is 16.2. The number of aryl methyl sites for hydroxylation is 1. The summed E-state index contributed by atoms with van der Waals surface area (Å²) in [6, 6.07) is 0. The fourth-order valence-corrected chi connectivity index (χ4v) is 2.84. The predicted octanol–water partition coefficient (Wildman–Crippen LogP) is 0.670. The van der Waals surface area contributed by atoms with Crippen molar-refractivity contribution in [2.24, 2.45) is 0 Å². The number of hydrogen-bond acceptors (Lipinski definition) is 7. The summed E-state index contributed by atoms with van der Waals surface area (Å²) in [5, 5.41) is 10.9. The molecule has 1 aromatic heterocycles. The topological polar surface area (TPSA) is 85.5 Å². The van der Waals surface area contributed by atoms with Gasteiger partial charge in [0.2, 0.25) is 0 Å². The van der Waals surface area contributed by atoms with Crippen LogP contribution in [-0.4, -0.2) is 64.5 Å². The fraction of sp³-hybridized carbons (Fsp3) is 0.750. The average Bonchev–Trinajstić information content (AvgIpc) is 2.85. The van der Waals surface area contributed by atoms with Gasteiger partial charge in [-0.2, -0.15) is 0 Å². The molecule has 9 heteroatoms. The number of morpholine rings is 1. The molecule has 0 unspecified atom stereocenters. The smallest absolute Gasteiger partial charge is 0.342 e. The van der Waals surface area contributed by atoms with Crippen LogP contribution in [0.5, 0.6) is 0 Å². The molecule has 0 aliphatic carbocycles. The Morgan fingerprint density at radius 1 is 1.48 bits per heavy atom. The summed E-state index contributed by atoms with van der Waals surface area (Å²) in [6.07, 6.45) is 1.31. The SMILES string of the molecule is Cc1ncc([N+](=O)[O-])n1CCSNCCN1CCOCC1. The van der Waals surface area contributed by atoms with E-state index < -0.39 is 4.92 Å². The number of nitro groups is 1. The molecule has 118 valence electrons. The molecule has 1 N–H and O–H groups in total. The van der Waals surface area contributed by atoms with Gasteiger partial charge in [0.1, 0.15) is 12.7 Å². The van der Waals surface area contributed by atoms with Gasteiger partial charge in [-0.3, -0.25) is 9.62 Å². The van der Waals surface area contributed by atoms with Crippen LogP contribution >= 0.6 is 11.9 Å². The Morgan fingerprint density at radius 3 is 2.95 bits per heavy atom. The predicted molar refractivity (Wildman–Crippen MR) is 81.3 cm³/mol. The van der Waals surface area contributed by atoms with E-state index in [1.54, 1.807) is 23.4 Å². The van der Waals surface area contributed by atoms with Gasteiger partial charge in [0, 0.05) is 38.9 Å². The molecular formula is C12H21N5O3S. The van der Waals surface area contributed by atoms with Crippen LogP contribution in [0.3, 0.4) is 0 Å². The number of rotatable bonds is 8. The Kier molecular flexibility index (Phi) is 6.43. The number of aromatic nitrogens is 2. The van der Waals surface area contributed by atoms with Crippen LogP contribution in [0.1, 0.15) is 5.82 Å². The molecule has 1 aliphatic heterocycles. The summed E-state index contributed by atoms with van der Waals surface area (Å²) < 4.78 is 10.2. The zero-order chi connectivity index (χ0) is 15.1. The highest BCUT2D eigenvalue weighted by Gasteiger charge is 2.16. The molecule has 0 amide bonds. The standard InChI is InChI=1S/C12H21N5O3S/c1-11-13-10-12(17(18)19)16(11)6-9-21-14-2-3-15-4-7-20-8-5-15/h10,14H,2-9H2,1H3. The highest BCUT2D eigenvalue weighted by atomic mass is 32.2. The van der Waals surface area contributed by atoms with Crippen LogP contribution < -0.4 is 4.72 Å². The van der Waals surface area contributed by atoms with Gasteiger partial charge in [-0.05, 0) is 4.92 Å².